The molecular formula is C10H12BrNO. The van der Waals surface area contributed by atoms with Gasteiger partial charge in [-0.3, -0.25) is 0 Å². The van der Waals surface area contributed by atoms with Crippen molar-refractivity contribution in [2.24, 2.45) is 0 Å². The summed E-state index contributed by atoms with van der Waals surface area (Å²) in [5.74, 6) is 0. The molecule has 0 unspecified atom stereocenters. The fourth-order valence-electron chi connectivity index (χ4n) is 0.832. The van der Waals surface area contributed by atoms with Crippen LogP contribution in [0.2, 0.25) is 0 Å². The maximum absolute atomic E-state index is 7.98. The Balaban J connectivity index is 2.74. The van der Waals surface area contributed by atoms with Crippen LogP contribution in [0.4, 0.5) is 5.69 Å². The van der Waals surface area contributed by atoms with Gasteiger partial charge in [-0.05, 0) is 18.1 Å². The lowest BCUT2D eigenvalue weighted by molar-refractivity contribution is 0.122. The second-order valence-electron chi connectivity index (χ2n) is 2.21. The predicted octanol–water partition coefficient (Wildman–Crippen LogP) is 2.29. The van der Waals surface area contributed by atoms with Crippen LogP contribution in [-0.2, 0) is 4.74 Å². The molecule has 70 valence electrons. The lowest BCUT2D eigenvalue weighted by Crippen LogP contribution is -2.36. The molecule has 0 amide bonds. The molecule has 0 aromatic heterocycles. The highest BCUT2D eigenvalue weighted by Gasteiger charge is 2.10. The first-order valence-corrected chi connectivity index (χ1v) is 4.26. The molecule has 1 saturated heterocycles. The van der Waals surface area contributed by atoms with E-state index < -0.39 is 56.0 Å². The van der Waals surface area contributed by atoms with Crippen molar-refractivity contribution < 1.29 is 18.4 Å². The summed E-state index contributed by atoms with van der Waals surface area (Å²) in [7, 11) is 0. The highest BCUT2D eigenvalue weighted by molar-refractivity contribution is 9.10. The standard InChI is InChI=1S/C10H12BrNO/c11-9-2-1-3-10(8-9)12-4-6-13-7-5-12/h1-3,8H,4-7H2/i1D,2D,3D,4D2,6D2,7D2,8D. The summed E-state index contributed by atoms with van der Waals surface area (Å²) in [6.45, 7) is -9.29. The molecule has 3 heteroatoms. The van der Waals surface area contributed by atoms with E-state index in [-0.39, 0.29) is 4.47 Å². The van der Waals surface area contributed by atoms with Crippen molar-refractivity contribution in [1.29, 1.82) is 0 Å². The molecular weight excluding hydrogens is 230 g/mol. The lowest BCUT2D eigenvalue weighted by Gasteiger charge is -2.28. The number of halogens is 1. The molecule has 0 spiro atoms. The van der Waals surface area contributed by atoms with E-state index in [1.807, 2.05) is 0 Å². The summed E-state index contributed by atoms with van der Waals surface area (Å²) in [6, 6.07) is -2.15. The van der Waals surface area contributed by atoms with Gasteiger partial charge in [0.05, 0.1) is 26.8 Å². The molecule has 13 heavy (non-hydrogen) atoms. The van der Waals surface area contributed by atoms with Crippen LogP contribution in [0.5, 0.6) is 0 Å². The van der Waals surface area contributed by atoms with Crippen LogP contribution in [0.25, 0.3) is 0 Å². The number of ether oxygens (including phenoxy) is 1. The molecule has 2 rings (SSSR count). The molecule has 0 radical (unpaired) electrons. The average molecular weight is 252 g/mol. The number of hydrogen-bond acceptors (Lipinski definition) is 2. The van der Waals surface area contributed by atoms with E-state index in [1.54, 1.807) is 0 Å². The van der Waals surface area contributed by atoms with Crippen LogP contribution in [0.1, 0.15) is 13.7 Å². The van der Waals surface area contributed by atoms with Crippen LogP contribution in [-0.4, -0.2) is 26.2 Å². The zero-order valence-corrected chi connectivity index (χ0v) is 8.03. The molecule has 1 aromatic rings. The highest BCUT2D eigenvalue weighted by Crippen LogP contribution is 2.20. The van der Waals surface area contributed by atoms with Gasteiger partial charge in [0.2, 0.25) is 0 Å². The minimum absolute atomic E-state index is 0.156. The molecule has 1 aliphatic heterocycles. The summed E-state index contributed by atoms with van der Waals surface area (Å²) < 4.78 is 81.9. The fourth-order valence-corrected chi connectivity index (χ4v) is 1.12. The Labute approximate surface area is 101 Å². The largest absolute Gasteiger partial charge is 0.378 e. The van der Waals surface area contributed by atoms with E-state index in [1.165, 1.54) is 0 Å². The van der Waals surface area contributed by atoms with Gasteiger partial charge in [-0.2, -0.15) is 0 Å². The summed E-state index contributed by atoms with van der Waals surface area (Å²) in [6.07, 6.45) is 0. The quantitative estimate of drug-likeness (QED) is 0.760. The predicted molar refractivity (Wildman–Crippen MR) is 57.2 cm³/mol. The van der Waals surface area contributed by atoms with Crippen molar-refractivity contribution in [3.8, 4) is 0 Å². The van der Waals surface area contributed by atoms with Gasteiger partial charge in [-0.15, -0.1) is 0 Å². The zero-order chi connectivity index (χ0) is 18.0. The minimum Gasteiger partial charge on any atom is -0.378 e. The Morgan fingerprint density at radius 1 is 1.54 bits per heavy atom. The van der Waals surface area contributed by atoms with E-state index in [0.29, 0.717) is 4.90 Å². The average Bonchev–Trinajstić information content (AvgIpc) is 2.39. The van der Waals surface area contributed by atoms with Crippen LogP contribution in [0, 0.1) is 0 Å². The van der Waals surface area contributed by atoms with Gasteiger partial charge < -0.3 is 9.64 Å². The Morgan fingerprint density at radius 2 is 2.46 bits per heavy atom. The molecule has 1 aromatic carbocycles. The van der Waals surface area contributed by atoms with Crippen molar-refractivity contribution in [2.75, 3.05) is 31.1 Å². The smallest absolute Gasteiger partial charge is 0.0657 e. The molecule has 0 saturated carbocycles. The lowest BCUT2D eigenvalue weighted by atomic mass is 10.3. The van der Waals surface area contributed by atoms with Gasteiger partial charge in [-0.25, -0.2) is 0 Å². The van der Waals surface area contributed by atoms with Crippen molar-refractivity contribution in [3.63, 3.8) is 0 Å². The molecule has 1 fully saturated rings. The van der Waals surface area contributed by atoms with Gasteiger partial charge in [0.1, 0.15) is 0 Å². The highest BCUT2D eigenvalue weighted by atomic mass is 79.9. The normalized spacial score (nSPS) is 40.2. The third-order valence-electron chi connectivity index (χ3n) is 1.38. The minimum atomic E-state index is -3.05. The van der Waals surface area contributed by atoms with Gasteiger partial charge in [0.25, 0.3) is 0 Å². The number of morpholine rings is 1. The number of anilines is 1. The molecule has 2 nitrogen and oxygen atoms in total. The Kier molecular flexibility index (Phi) is 0.941. The monoisotopic (exact) mass is 251 g/mol. The second kappa shape index (κ2) is 4.11. The Bertz CT molecular complexity index is 635. The van der Waals surface area contributed by atoms with Gasteiger partial charge in [0, 0.05) is 23.2 Å². The number of rotatable bonds is 1. The van der Waals surface area contributed by atoms with Crippen LogP contribution >= 0.6 is 15.9 Å². The van der Waals surface area contributed by atoms with Crippen molar-refractivity contribution in [1.82, 2.24) is 0 Å². The summed E-state index contributed by atoms with van der Waals surface area (Å²) in [5, 5.41) is 0. The molecule has 0 N–H and O–H groups in total. The van der Waals surface area contributed by atoms with Crippen LogP contribution < -0.4 is 4.90 Å². The SMILES string of the molecule is [2H]c1c([2H])c(Br)c([2H])c(N2CC([2H])([2H])OC([2H])([2H])C2([2H])[2H])c1[2H]. The Morgan fingerprint density at radius 3 is 3.38 bits per heavy atom. The molecule has 0 aliphatic carbocycles. The third-order valence-corrected chi connectivity index (χ3v) is 1.77. The van der Waals surface area contributed by atoms with Gasteiger partial charge in [0.15, 0.2) is 0 Å². The van der Waals surface area contributed by atoms with E-state index in [4.69, 9.17) is 13.7 Å². The van der Waals surface area contributed by atoms with E-state index >= 15 is 0 Å². The maximum Gasteiger partial charge on any atom is 0.0657 e. The first kappa shape index (κ1) is 2.97. The van der Waals surface area contributed by atoms with Gasteiger partial charge in [-0.1, -0.05) is 22.0 Å². The maximum atomic E-state index is 7.98. The van der Waals surface area contributed by atoms with Crippen LogP contribution in [0.3, 0.4) is 0 Å². The number of nitrogens with zero attached hydrogens (tertiary/aromatic N) is 1. The fraction of sp³-hybridized carbons (Fsp3) is 0.400. The summed E-state index contributed by atoms with van der Waals surface area (Å²) in [5.41, 5.74) is -0.473. The first-order valence-electron chi connectivity index (χ1n) is 8.46. The summed E-state index contributed by atoms with van der Waals surface area (Å²) >= 11 is 2.93. The molecule has 0 bridgehead atoms. The van der Waals surface area contributed by atoms with Crippen molar-refractivity contribution in [2.45, 2.75) is 0 Å². The molecule has 0 atom stereocenters. The van der Waals surface area contributed by atoms with Crippen molar-refractivity contribution >= 4 is 21.6 Å². The van der Waals surface area contributed by atoms with Crippen LogP contribution in [0.15, 0.2) is 28.6 Å². The number of benzene rings is 1. The molecule has 1 heterocycles. The van der Waals surface area contributed by atoms with E-state index in [2.05, 4.69) is 20.7 Å². The molecule has 1 aliphatic rings. The van der Waals surface area contributed by atoms with E-state index in [9.17, 15) is 0 Å². The number of hydrogen-bond donors (Lipinski definition) is 0. The van der Waals surface area contributed by atoms with Gasteiger partial charge >= 0.3 is 0 Å². The van der Waals surface area contributed by atoms with Crippen molar-refractivity contribution in [3.05, 3.63) is 28.6 Å². The first-order chi connectivity index (χ1) is 10.2. The zero-order valence-electron chi connectivity index (χ0n) is 16.4. The van der Waals surface area contributed by atoms with E-state index in [0.717, 1.165) is 0 Å². The topological polar surface area (TPSA) is 12.5 Å². The third kappa shape index (κ3) is 2.23. The Hall–Kier alpha value is -0.540. The summed E-state index contributed by atoms with van der Waals surface area (Å²) in [4.78, 5) is 0.573. The second-order valence-corrected chi connectivity index (χ2v) is 3.00.